The first-order valence-electron chi connectivity index (χ1n) is 6.47. The number of nitrogens with two attached hydrogens (primary N) is 1. The summed E-state index contributed by atoms with van der Waals surface area (Å²) in [6, 6.07) is 8.70. The molecular formula is C16H18F3N. The molecule has 108 valence electrons. The molecule has 0 saturated carbocycles. The van der Waals surface area contributed by atoms with Crippen LogP contribution in [0.4, 0.5) is 13.2 Å². The lowest BCUT2D eigenvalue weighted by Crippen LogP contribution is -2.31. The van der Waals surface area contributed by atoms with Crippen LogP contribution < -0.4 is 5.73 Å². The summed E-state index contributed by atoms with van der Waals surface area (Å²) in [6.07, 6.45) is -4.44. The third-order valence-electron chi connectivity index (χ3n) is 3.40. The SMILES string of the molecule is CC(C)(C)c1c([C@H](N)C(F)(F)F)ccc2ccccc12. The fraction of sp³-hybridized carbons (Fsp3) is 0.375. The second kappa shape index (κ2) is 4.77. The molecule has 0 aliphatic carbocycles. The van der Waals surface area contributed by atoms with Crippen molar-refractivity contribution < 1.29 is 13.2 Å². The number of hydrogen-bond acceptors (Lipinski definition) is 1. The van der Waals surface area contributed by atoms with Crippen molar-refractivity contribution in [3.05, 3.63) is 47.5 Å². The molecule has 2 aromatic rings. The van der Waals surface area contributed by atoms with Crippen LogP contribution in [0.1, 0.15) is 37.9 Å². The highest BCUT2D eigenvalue weighted by Gasteiger charge is 2.40. The summed E-state index contributed by atoms with van der Waals surface area (Å²) >= 11 is 0. The molecule has 0 spiro atoms. The summed E-state index contributed by atoms with van der Waals surface area (Å²) in [5.41, 5.74) is 5.84. The van der Waals surface area contributed by atoms with Gasteiger partial charge in [0, 0.05) is 0 Å². The molecule has 0 heterocycles. The van der Waals surface area contributed by atoms with Crippen molar-refractivity contribution in [2.75, 3.05) is 0 Å². The smallest absolute Gasteiger partial charge is 0.316 e. The molecular weight excluding hydrogens is 263 g/mol. The van der Waals surface area contributed by atoms with E-state index >= 15 is 0 Å². The second-order valence-corrected chi connectivity index (χ2v) is 6.02. The Balaban J connectivity index is 2.79. The van der Waals surface area contributed by atoms with Crippen LogP contribution in [0.5, 0.6) is 0 Å². The van der Waals surface area contributed by atoms with E-state index in [4.69, 9.17) is 5.73 Å². The summed E-state index contributed by atoms with van der Waals surface area (Å²) in [7, 11) is 0. The maximum atomic E-state index is 13.0. The van der Waals surface area contributed by atoms with Gasteiger partial charge in [0.15, 0.2) is 0 Å². The Morgan fingerprint density at radius 2 is 1.55 bits per heavy atom. The zero-order valence-corrected chi connectivity index (χ0v) is 11.8. The maximum Gasteiger partial charge on any atom is 0.407 e. The Kier molecular flexibility index (Phi) is 3.54. The maximum absolute atomic E-state index is 13.0. The van der Waals surface area contributed by atoms with Crippen molar-refractivity contribution in [2.45, 2.75) is 38.4 Å². The van der Waals surface area contributed by atoms with E-state index in [9.17, 15) is 13.2 Å². The largest absolute Gasteiger partial charge is 0.407 e. The zero-order valence-electron chi connectivity index (χ0n) is 11.8. The van der Waals surface area contributed by atoms with E-state index in [1.807, 2.05) is 45.0 Å². The van der Waals surface area contributed by atoms with Crippen LogP contribution in [0.2, 0.25) is 0 Å². The molecule has 20 heavy (non-hydrogen) atoms. The van der Waals surface area contributed by atoms with Gasteiger partial charge in [-0.15, -0.1) is 0 Å². The molecule has 0 radical (unpaired) electrons. The van der Waals surface area contributed by atoms with Crippen molar-refractivity contribution in [3.63, 3.8) is 0 Å². The lowest BCUT2D eigenvalue weighted by molar-refractivity contribution is -0.149. The van der Waals surface area contributed by atoms with Crippen LogP contribution in [0.15, 0.2) is 36.4 Å². The number of alkyl halides is 3. The molecule has 0 amide bonds. The van der Waals surface area contributed by atoms with E-state index in [1.54, 1.807) is 6.07 Å². The predicted octanol–water partition coefficient (Wildman–Crippen LogP) is 4.70. The Morgan fingerprint density at radius 3 is 2.10 bits per heavy atom. The van der Waals surface area contributed by atoms with Crippen LogP contribution in [0.3, 0.4) is 0 Å². The van der Waals surface area contributed by atoms with Gasteiger partial charge in [-0.25, -0.2) is 0 Å². The summed E-state index contributed by atoms with van der Waals surface area (Å²) in [5.74, 6) is 0. The van der Waals surface area contributed by atoms with E-state index in [0.29, 0.717) is 5.56 Å². The van der Waals surface area contributed by atoms with Gasteiger partial charge in [0.1, 0.15) is 6.04 Å². The zero-order chi connectivity index (χ0) is 15.1. The Hall–Kier alpha value is -1.55. The quantitative estimate of drug-likeness (QED) is 0.805. The molecule has 0 bridgehead atoms. The predicted molar refractivity (Wildman–Crippen MR) is 75.6 cm³/mol. The summed E-state index contributed by atoms with van der Waals surface area (Å²) < 4.78 is 38.9. The molecule has 0 unspecified atom stereocenters. The number of fused-ring (bicyclic) bond motifs is 1. The third kappa shape index (κ3) is 2.66. The van der Waals surface area contributed by atoms with Gasteiger partial charge in [0.25, 0.3) is 0 Å². The lowest BCUT2D eigenvalue weighted by Gasteiger charge is -2.28. The normalized spacial score (nSPS) is 14.6. The van der Waals surface area contributed by atoms with E-state index in [1.165, 1.54) is 6.07 Å². The van der Waals surface area contributed by atoms with Crippen LogP contribution >= 0.6 is 0 Å². The summed E-state index contributed by atoms with van der Waals surface area (Å²) in [5, 5.41) is 1.76. The minimum Gasteiger partial charge on any atom is -0.316 e. The van der Waals surface area contributed by atoms with E-state index < -0.39 is 17.6 Å². The number of halogens is 3. The van der Waals surface area contributed by atoms with Gasteiger partial charge in [-0.3, -0.25) is 0 Å². The first-order chi connectivity index (χ1) is 9.12. The Labute approximate surface area is 116 Å². The van der Waals surface area contributed by atoms with Gasteiger partial charge < -0.3 is 5.73 Å². The van der Waals surface area contributed by atoms with E-state index in [2.05, 4.69) is 0 Å². The third-order valence-corrected chi connectivity index (χ3v) is 3.40. The fourth-order valence-corrected chi connectivity index (χ4v) is 2.56. The number of rotatable bonds is 1. The summed E-state index contributed by atoms with van der Waals surface area (Å²) in [4.78, 5) is 0. The molecule has 2 rings (SSSR count). The minimum absolute atomic E-state index is 0.156. The highest BCUT2D eigenvalue weighted by atomic mass is 19.4. The number of benzene rings is 2. The fourth-order valence-electron chi connectivity index (χ4n) is 2.56. The molecule has 0 aliphatic rings. The molecule has 4 heteroatoms. The van der Waals surface area contributed by atoms with Crippen molar-refractivity contribution in [1.29, 1.82) is 0 Å². The van der Waals surface area contributed by atoms with Gasteiger partial charge >= 0.3 is 6.18 Å². The standard InChI is InChI=1S/C16H18F3N/c1-15(2,3)13-11-7-5-4-6-10(11)8-9-12(13)14(20)16(17,18)19/h4-9,14H,20H2,1-3H3/t14-/m0/s1. The van der Waals surface area contributed by atoms with Gasteiger partial charge in [-0.1, -0.05) is 57.2 Å². The molecule has 0 fully saturated rings. The topological polar surface area (TPSA) is 26.0 Å². The van der Waals surface area contributed by atoms with E-state index in [0.717, 1.165) is 10.8 Å². The van der Waals surface area contributed by atoms with Gasteiger partial charge in [0.05, 0.1) is 0 Å². The van der Waals surface area contributed by atoms with Crippen LogP contribution in [-0.2, 0) is 5.41 Å². The first kappa shape index (κ1) is 14.9. The average molecular weight is 281 g/mol. The van der Waals surface area contributed by atoms with Gasteiger partial charge in [-0.2, -0.15) is 13.2 Å². The average Bonchev–Trinajstić information content (AvgIpc) is 2.34. The Bertz CT molecular complexity index is 624. The van der Waals surface area contributed by atoms with Crippen molar-refractivity contribution in [2.24, 2.45) is 5.73 Å². The van der Waals surface area contributed by atoms with Crippen molar-refractivity contribution in [1.82, 2.24) is 0 Å². The molecule has 0 aromatic heterocycles. The molecule has 0 saturated heterocycles. The van der Waals surface area contributed by atoms with Crippen LogP contribution in [0, 0.1) is 0 Å². The first-order valence-corrected chi connectivity index (χ1v) is 6.47. The highest BCUT2D eigenvalue weighted by molar-refractivity contribution is 5.88. The molecule has 2 N–H and O–H groups in total. The van der Waals surface area contributed by atoms with Crippen molar-refractivity contribution in [3.8, 4) is 0 Å². The monoisotopic (exact) mass is 281 g/mol. The minimum atomic E-state index is -4.44. The molecule has 2 aromatic carbocycles. The van der Waals surface area contributed by atoms with Gasteiger partial charge in [0.2, 0.25) is 0 Å². The molecule has 0 aliphatic heterocycles. The van der Waals surface area contributed by atoms with Gasteiger partial charge in [-0.05, 0) is 27.3 Å². The van der Waals surface area contributed by atoms with Crippen LogP contribution in [-0.4, -0.2) is 6.18 Å². The van der Waals surface area contributed by atoms with Crippen LogP contribution in [0.25, 0.3) is 10.8 Å². The summed E-state index contributed by atoms with van der Waals surface area (Å²) in [6.45, 7) is 5.71. The molecule has 1 nitrogen and oxygen atoms in total. The molecule has 1 atom stereocenters. The van der Waals surface area contributed by atoms with Crippen molar-refractivity contribution >= 4 is 10.8 Å². The highest BCUT2D eigenvalue weighted by Crippen LogP contribution is 2.40. The lowest BCUT2D eigenvalue weighted by atomic mass is 9.78. The second-order valence-electron chi connectivity index (χ2n) is 6.02. The Morgan fingerprint density at radius 1 is 0.950 bits per heavy atom. The van der Waals surface area contributed by atoms with E-state index in [-0.39, 0.29) is 5.56 Å². The number of hydrogen-bond donors (Lipinski definition) is 1.